The van der Waals surface area contributed by atoms with Crippen molar-refractivity contribution in [2.24, 2.45) is 5.92 Å². The van der Waals surface area contributed by atoms with Crippen LogP contribution in [0.2, 0.25) is 5.15 Å². The highest BCUT2D eigenvalue weighted by Gasteiger charge is 2.32. The fraction of sp³-hybridized carbons (Fsp3) is 0.364. The van der Waals surface area contributed by atoms with Crippen LogP contribution in [0.4, 0.5) is 17.6 Å². The number of carbonyl (C=O) groups is 1. The molecule has 33 heavy (non-hydrogen) atoms. The van der Waals surface area contributed by atoms with Crippen molar-refractivity contribution in [3.05, 3.63) is 62.7 Å². The number of halogens is 5. The fourth-order valence-electron chi connectivity index (χ4n) is 3.32. The van der Waals surface area contributed by atoms with Gasteiger partial charge in [-0.2, -0.15) is 13.2 Å². The lowest BCUT2D eigenvalue weighted by atomic mass is 10.1. The van der Waals surface area contributed by atoms with E-state index < -0.39 is 17.6 Å². The van der Waals surface area contributed by atoms with Gasteiger partial charge in [-0.3, -0.25) is 4.79 Å². The van der Waals surface area contributed by atoms with E-state index in [1.54, 1.807) is 0 Å². The molecule has 11 heteroatoms. The minimum atomic E-state index is -4.70. The maximum atomic E-state index is 14.1. The summed E-state index contributed by atoms with van der Waals surface area (Å²) in [6.07, 6.45) is -2.32. The molecule has 0 N–H and O–H groups in total. The van der Waals surface area contributed by atoms with Crippen LogP contribution in [-0.2, 0) is 19.1 Å². The van der Waals surface area contributed by atoms with E-state index in [4.69, 9.17) is 11.6 Å². The van der Waals surface area contributed by atoms with Crippen LogP contribution in [0, 0.1) is 11.7 Å². The van der Waals surface area contributed by atoms with Gasteiger partial charge in [0.1, 0.15) is 21.7 Å². The minimum Gasteiger partial charge on any atom is -0.301 e. The second kappa shape index (κ2) is 10.2. The van der Waals surface area contributed by atoms with Crippen LogP contribution in [0.3, 0.4) is 0 Å². The molecule has 1 aromatic carbocycles. The zero-order chi connectivity index (χ0) is 24.3. The molecule has 0 aliphatic carbocycles. The second-order valence-electron chi connectivity index (χ2n) is 8.02. The Labute approximate surface area is 197 Å². The van der Waals surface area contributed by atoms with E-state index in [9.17, 15) is 22.4 Å². The van der Waals surface area contributed by atoms with Gasteiger partial charge in [0.2, 0.25) is 0 Å². The van der Waals surface area contributed by atoms with E-state index in [1.165, 1.54) is 23.7 Å². The summed E-state index contributed by atoms with van der Waals surface area (Å²) in [4.78, 5) is 27.4. The van der Waals surface area contributed by atoms with Crippen LogP contribution in [0.1, 0.15) is 39.8 Å². The van der Waals surface area contributed by atoms with Gasteiger partial charge in [-0.05, 0) is 31.2 Å². The number of hydrogen-bond acceptors (Lipinski definition) is 6. The molecule has 0 unspecified atom stereocenters. The molecule has 2 aromatic heterocycles. The van der Waals surface area contributed by atoms with Gasteiger partial charge in [-0.15, -0.1) is 11.3 Å². The summed E-state index contributed by atoms with van der Waals surface area (Å²) in [6, 6.07) is 2.34. The number of benzene rings is 1. The van der Waals surface area contributed by atoms with Crippen molar-refractivity contribution < 1.29 is 22.4 Å². The topological polar surface area (TPSA) is 59.0 Å². The van der Waals surface area contributed by atoms with E-state index in [1.807, 2.05) is 25.8 Å². The lowest BCUT2D eigenvalue weighted by Gasteiger charge is -2.18. The molecule has 0 radical (unpaired) electrons. The quantitative estimate of drug-likeness (QED) is 0.283. The van der Waals surface area contributed by atoms with Crippen LogP contribution in [0.5, 0.6) is 0 Å². The van der Waals surface area contributed by atoms with Crippen molar-refractivity contribution in [3.63, 3.8) is 0 Å². The molecule has 0 amide bonds. The second-order valence-corrected chi connectivity index (χ2v) is 9.58. The zero-order valence-corrected chi connectivity index (χ0v) is 19.7. The van der Waals surface area contributed by atoms with Crippen molar-refractivity contribution in [3.8, 4) is 11.3 Å². The maximum Gasteiger partial charge on any atom is 0.416 e. The van der Waals surface area contributed by atoms with Gasteiger partial charge in [0.25, 0.3) is 0 Å². The van der Waals surface area contributed by atoms with E-state index in [2.05, 4.69) is 15.0 Å². The van der Waals surface area contributed by atoms with Crippen molar-refractivity contribution in [1.82, 2.24) is 19.9 Å². The normalized spacial score (nSPS) is 12.1. The molecule has 0 fully saturated rings. The monoisotopic (exact) mass is 500 g/mol. The molecule has 0 saturated heterocycles. The van der Waals surface area contributed by atoms with E-state index in [0.29, 0.717) is 28.4 Å². The van der Waals surface area contributed by atoms with E-state index in [-0.39, 0.29) is 34.3 Å². The first-order valence-corrected chi connectivity index (χ1v) is 11.2. The first-order chi connectivity index (χ1) is 15.4. The molecule has 0 atom stereocenters. The zero-order valence-electron chi connectivity index (χ0n) is 18.1. The molecule has 0 aliphatic rings. The molecule has 2 heterocycles. The average molecular weight is 501 g/mol. The van der Waals surface area contributed by atoms with Crippen LogP contribution in [0.15, 0.2) is 30.6 Å². The largest absolute Gasteiger partial charge is 0.416 e. The summed E-state index contributed by atoms with van der Waals surface area (Å²) in [5.41, 5.74) is -0.761. The lowest BCUT2D eigenvalue weighted by Crippen LogP contribution is -2.22. The van der Waals surface area contributed by atoms with Crippen molar-refractivity contribution >= 4 is 28.7 Å². The molecule has 3 rings (SSSR count). The Kier molecular flexibility index (Phi) is 7.81. The third-order valence-corrected chi connectivity index (χ3v) is 5.78. The third-order valence-electron chi connectivity index (χ3n) is 4.55. The molecule has 0 spiro atoms. The third kappa shape index (κ3) is 6.78. The Morgan fingerprint density at radius 3 is 2.52 bits per heavy atom. The SMILES string of the molecule is CC(C)CN(C)Cc1sc(CC(=O)c2cnc(Cl)cn2)nc1-c1cc(F)cc(C(F)(F)F)c1. The van der Waals surface area contributed by atoms with E-state index in [0.717, 1.165) is 18.7 Å². The number of carbonyl (C=O) groups excluding carboxylic acids is 1. The molecule has 0 saturated carbocycles. The summed E-state index contributed by atoms with van der Waals surface area (Å²) < 4.78 is 53.8. The number of hydrogen-bond donors (Lipinski definition) is 0. The standard InChI is InChI=1S/C22H21ClF4N4OS/c1-12(2)10-31(3)11-18-21(13-4-14(22(25,26)27)6-15(24)5-13)30-20(33-18)7-17(32)16-8-29-19(23)9-28-16/h4-6,8-9,12H,7,10-11H2,1-3H3. The van der Waals surface area contributed by atoms with Gasteiger partial charge >= 0.3 is 6.18 Å². The Balaban J connectivity index is 1.99. The molecule has 0 bridgehead atoms. The molecule has 5 nitrogen and oxygen atoms in total. The first-order valence-electron chi connectivity index (χ1n) is 9.98. The van der Waals surface area contributed by atoms with Crippen LogP contribution in [-0.4, -0.2) is 39.2 Å². The van der Waals surface area contributed by atoms with Crippen LogP contribution in [0.25, 0.3) is 11.3 Å². The number of aromatic nitrogens is 3. The Hall–Kier alpha value is -2.43. The summed E-state index contributed by atoms with van der Waals surface area (Å²) in [5.74, 6) is -1.01. The number of thiazole rings is 1. The number of nitrogens with zero attached hydrogens (tertiary/aromatic N) is 4. The van der Waals surface area contributed by atoms with Gasteiger partial charge in [0.05, 0.1) is 30.1 Å². The lowest BCUT2D eigenvalue weighted by molar-refractivity contribution is -0.137. The summed E-state index contributed by atoms with van der Waals surface area (Å²) >= 11 is 6.90. The summed E-state index contributed by atoms with van der Waals surface area (Å²) in [6.45, 7) is 5.22. The number of Topliss-reactive ketones (excluding diaryl/α,β-unsaturated/α-hetero) is 1. The molecule has 3 aromatic rings. The molecular formula is C22H21ClF4N4OS. The Morgan fingerprint density at radius 1 is 1.18 bits per heavy atom. The predicted octanol–water partition coefficient (Wildman–Crippen LogP) is 5.92. The van der Waals surface area contributed by atoms with Gasteiger partial charge in [-0.25, -0.2) is 19.3 Å². The summed E-state index contributed by atoms with van der Waals surface area (Å²) in [7, 11) is 1.88. The highest BCUT2D eigenvalue weighted by atomic mass is 35.5. The summed E-state index contributed by atoms with van der Waals surface area (Å²) in [5, 5.41) is 0.530. The molecule has 0 aliphatic heterocycles. The highest BCUT2D eigenvalue weighted by Crippen LogP contribution is 2.36. The van der Waals surface area contributed by atoms with Gasteiger partial charge in [0, 0.05) is 23.5 Å². The average Bonchev–Trinajstić information content (AvgIpc) is 3.08. The first kappa shape index (κ1) is 25.2. The van der Waals surface area contributed by atoms with Gasteiger partial charge in [0.15, 0.2) is 5.78 Å². The van der Waals surface area contributed by atoms with Crippen molar-refractivity contribution in [2.45, 2.75) is 33.0 Å². The molecule has 176 valence electrons. The van der Waals surface area contributed by atoms with E-state index >= 15 is 0 Å². The van der Waals surface area contributed by atoms with Crippen molar-refractivity contribution in [2.75, 3.05) is 13.6 Å². The smallest absolute Gasteiger partial charge is 0.301 e. The Bertz CT molecular complexity index is 1130. The van der Waals surface area contributed by atoms with Crippen LogP contribution >= 0.6 is 22.9 Å². The van der Waals surface area contributed by atoms with Crippen LogP contribution < -0.4 is 0 Å². The van der Waals surface area contributed by atoms with Gasteiger partial charge in [-0.1, -0.05) is 25.4 Å². The predicted molar refractivity (Wildman–Crippen MR) is 119 cm³/mol. The molecular weight excluding hydrogens is 480 g/mol. The number of ketones is 1. The minimum absolute atomic E-state index is 0.0107. The number of alkyl halides is 3. The maximum absolute atomic E-state index is 14.1. The van der Waals surface area contributed by atoms with Gasteiger partial charge < -0.3 is 4.90 Å². The Morgan fingerprint density at radius 2 is 1.91 bits per heavy atom. The van der Waals surface area contributed by atoms with Crippen molar-refractivity contribution in [1.29, 1.82) is 0 Å². The highest BCUT2D eigenvalue weighted by molar-refractivity contribution is 7.12. The fourth-order valence-corrected chi connectivity index (χ4v) is 4.58. The number of rotatable bonds is 8.